The molecule has 5 nitrogen and oxygen atoms in total. The lowest BCUT2D eigenvalue weighted by Crippen LogP contribution is -1.96. The van der Waals surface area contributed by atoms with E-state index in [9.17, 15) is 4.79 Å². The van der Waals surface area contributed by atoms with Crippen molar-refractivity contribution in [2.45, 2.75) is 20.8 Å². The summed E-state index contributed by atoms with van der Waals surface area (Å²) >= 11 is 0. The molecule has 2 rings (SSSR count). The Morgan fingerprint density at radius 1 is 1.35 bits per heavy atom. The fourth-order valence-electron chi connectivity index (χ4n) is 1.89. The zero-order valence-electron chi connectivity index (χ0n) is 9.81. The van der Waals surface area contributed by atoms with Crippen LogP contribution in [0.1, 0.15) is 27.6 Å². The Morgan fingerprint density at radius 3 is 2.59 bits per heavy atom. The summed E-state index contributed by atoms with van der Waals surface area (Å²) in [6, 6.07) is 0. The van der Waals surface area contributed by atoms with Crippen LogP contribution in [0.25, 0.3) is 11.1 Å². The highest BCUT2D eigenvalue weighted by Crippen LogP contribution is 2.32. The van der Waals surface area contributed by atoms with E-state index in [4.69, 9.17) is 9.52 Å². The highest BCUT2D eigenvalue weighted by molar-refractivity contribution is 5.90. The molecule has 0 atom stereocenters. The summed E-state index contributed by atoms with van der Waals surface area (Å²) in [7, 11) is 0. The number of nitrogens with zero attached hydrogens (tertiary/aromatic N) is 2. The van der Waals surface area contributed by atoms with E-state index in [1.807, 2.05) is 6.92 Å². The van der Waals surface area contributed by atoms with Crippen LogP contribution in [0.3, 0.4) is 0 Å². The molecule has 0 spiro atoms. The number of rotatable bonds is 2. The molecule has 0 saturated carbocycles. The molecule has 2 heterocycles. The Bertz CT molecular complexity index is 587. The molecule has 0 fully saturated rings. The van der Waals surface area contributed by atoms with Gasteiger partial charge in [0.1, 0.15) is 12.1 Å². The molecule has 2 aromatic heterocycles. The number of carboxylic acids is 1. The Balaban J connectivity index is 2.69. The van der Waals surface area contributed by atoms with Gasteiger partial charge in [-0.15, -0.1) is 0 Å². The second-order valence-electron chi connectivity index (χ2n) is 3.81. The van der Waals surface area contributed by atoms with Gasteiger partial charge >= 0.3 is 5.97 Å². The van der Waals surface area contributed by atoms with Gasteiger partial charge in [0.05, 0.1) is 0 Å². The average Bonchev–Trinajstić information content (AvgIpc) is 2.56. The number of aryl methyl sites for hydroxylation is 2. The normalized spacial score (nSPS) is 10.5. The van der Waals surface area contributed by atoms with Crippen LogP contribution in [0.15, 0.2) is 16.9 Å². The SMILES string of the molecule is Cc1ncncc1-c1c(C)oc(C(=O)O)c1C. The molecule has 88 valence electrons. The van der Waals surface area contributed by atoms with Gasteiger partial charge in [-0.1, -0.05) is 0 Å². The topological polar surface area (TPSA) is 76.2 Å². The molecule has 0 radical (unpaired) electrons. The van der Waals surface area contributed by atoms with Crippen LogP contribution in [0.5, 0.6) is 0 Å². The Labute approximate surface area is 98.1 Å². The minimum absolute atomic E-state index is 0.0271. The van der Waals surface area contributed by atoms with Gasteiger partial charge in [0.25, 0.3) is 0 Å². The third-order valence-electron chi connectivity index (χ3n) is 2.70. The fourth-order valence-corrected chi connectivity index (χ4v) is 1.89. The molecule has 2 aromatic rings. The Hall–Kier alpha value is -2.17. The molecule has 5 heteroatoms. The monoisotopic (exact) mass is 232 g/mol. The fraction of sp³-hybridized carbons (Fsp3) is 0.250. The number of aromatic carboxylic acids is 1. The molecule has 0 aliphatic carbocycles. The molecular formula is C12H12N2O3. The summed E-state index contributed by atoms with van der Waals surface area (Å²) in [6.07, 6.45) is 3.13. The van der Waals surface area contributed by atoms with Crippen LogP contribution in [0, 0.1) is 20.8 Å². The zero-order chi connectivity index (χ0) is 12.6. The highest BCUT2D eigenvalue weighted by Gasteiger charge is 2.21. The van der Waals surface area contributed by atoms with Gasteiger partial charge in [0.2, 0.25) is 5.76 Å². The molecule has 17 heavy (non-hydrogen) atoms. The molecule has 0 bridgehead atoms. The van der Waals surface area contributed by atoms with Crippen molar-refractivity contribution in [3.8, 4) is 11.1 Å². The predicted molar refractivity (Wildman–Crippen MR) is 60.9 cm³/mol. The molecular weight excluding hydrogens is 220 g/mol. The van der Waals surface area contributed by atoms with Gasteiger partial charge in [0.15, 0.2) is 0 Å². The molecule has 0 aromatic carbocycles. The number of hydrogen-bond donors (Lipinski definition) is 1. The number of aromatic nitrogens is 2. The summed E-state index contributed by atoms with van der Waals surface area (Å²) in [6.45, 7) is 5.31. The van der Waals surface area contributed by atoms with Crippen molar-refractivity contribution in [3.63, 3.8) is 0 Å². The smallest absolute Gasteiger partial charge is 0.372 e. The number of carbonyl (C=O) groups is 1. The first-order valence-electron chi connectivity index (χ1n) is 5.12. The number of furan rings is 1. The van der Waals surface area contributed by atoms with E-state index in [-0.39, 0.29) is 5.76 Å². The molecule has 0 saturated heterocycles. The van der Waals surface area contributed by atoms with E-state index in [1.165, 1.54) is 6.33 Å². The average molecular weight is 232 g/mol. The second-order valence-corrected chi connectivity index (χ2v) is 3.81. The Morgan fingerprint density at radius 2 is 2.06 bits per heavy atom. The van der Waals surface area contributed by atoms with Crippen LogP contribution in [-0.4, -0.2) is 21.0 Å². The Kier molecular flexibility index (Phi) is 2.67. The van der Waals surface area contributed by atoms with E-state index >= 15 is 0 Å². The maximum Gasteiger partial charge on any atom is 0.372 e. The van der Waals surface area contributed by atoms with Crippen molar-refractivity contribution in [2.24, 2.45) is 0 Å². The van der Waals surface area contributed by atoms with Crippen LogP contribution >= 0.6 is 0 Å². The quantitative estimate of drug-likeness (QED) is 0.860. The largest absolute Gasteiger partial charge is 0.475 e. The van der Waals surface area contributed by atoms with Crippen molar-refractivity contribution in [1.82, 2.24) is 9.97 Å². The predicted octanol–water partition coefficient (Wildman–Crippen LogP) is 2.36. The summed E-state index contributed by atoms with van der Waals surface area (Å²) in [5.41, 5.74) is 2.97. The maximum absolute atomic E-state index is 11.0. The van der Waals surface area contributed by atoms with E-state index in [1.54, 1.807) is 20.0 Å². The lowest BCUT2D eigenvalue weighted by atomic mass is 10.0. The number of hydrogen-bond acceptors (Lipinski definition) is 4. The minimum atomic E-state index is -1.06. The number of carboxylic acid groups (broad SMARTS) is 1. The summed E-state index contributed by atoms with van der Waals surface area (Å²) in [5.74, 6) is -0.523. The lowest BCUT2D eigenvalue weighted by molar-refractivity contribution is 0.0660. The molecule has 0 unspecified atom stereocenters. The van der Waals surface area contributed by atoms with Crippen LogP contribution in [0.4, 0.5) is 0 Å². The standard InChI is InChI=1S/C12H12N2O3/c1-6-10(8(3)17-11(6)12(15)16)9-4-13-5-14-7(9)2/h4-5H,1-3H3,(H,15,16). The third kappa shape index (κ3) is 1.80. The first-order valence-corrected chi connectivity index (χ1v) is 5.12. The van der Waals surface area contributed by atoms with Crippen molar-refractivity contribution in [3.05, 3.63) is 35.3 Å². The van der Waals surface area contributed by atoms with Crippen molar-refractivity contribution >= 4 is 5.97 Å². The lowest BCUT2D eigenvalue weighted by Gasteiger charge is -2.03. The van der Waals surface area contributed by atoms with Crippen LogP contribution in [-0.2, 0) is 0 Å². The van der Waals surface area contributed by atoms with Crippen LogP contribution < -0.4 is 0 Å². The van der Waals surface area contributed by atoms with E-state index in [0.717, 1.165) is 16.8 Å². The minimum Gasteiger partial charge on any atom is -0.475 e. The summed E-state index contributed by atoms with van der Waals surface area (Å²) in [4.78, 5) is 19.0. The van der Waals surface area contributed by atoms with Crippen LogP contribution in [0.2, 0.25) is 0 Å². The van der Waals surface area contributed by atoms with Gasteiger partial charge < -0.3 is 9.52 Å². The van der Waals surface area contributed by atoms with E-state index in [2.05, 4.69) is 9.97 Å². The third-order valence-corrected chi connectivity index (χ3v) is 2.70. The summed E-state index contributed by atoms with van der Waals surface area (Å²) < 4.78 is 5.26. The van der Waals surface area contributed by atoms with Gasteiger partial charge in [-0.3, -0.25) is 0 Å². The molecule has 0 aliphatic rings. The highest BCUT2D eigenvalue weighted by atomic mass is 16.4. The van der Waals surface area contributed by atoms with Crippen molar-refractivity contribution in [2.75, 3.05) is 0 Å². The van der Waals surface area contributed by atoms with Gasteiger partial charge in [-0.25, -0.2) is 14.8 Å². The zero-order valence-corrected chi connectivity index (χ0v) is 9.81. The summed E-state index contributed by atoms with van der Waals surface area (Å²) in [5, 5.41) is 8.99. The van der Waals surface area contributed by atoms with Gasteiger partial charge in [0, 0.05) is 28.6 Å². The first kappa shape index (κ1) is 11.3. The van der Waals surface area contributed by atoms with Crippen molar-refractivity contribution < 1.29 is 14.3 Å². The maximum atomic E-state index is 11.0. The first-order chi connectivity index (χ1) is 8.02. The van der Waals surface area contributed by atoms with Crippen molar-refractivity contribution in [1.29, 1.82) is 0 Å². The van der Waals surface area contributed by atoms with Gasteiger partial charge in [-0.2, -0.15) is 0 Å². The molecule has 1 N–H and O–H groups in total. The van der Waals surface area contributed by atoms with E-state index < -0.39 is 5.97 Å². The molecule has 0 aliphatic heterocycles. The van der Waals surface area contributed by atoms with E-state index in [0.29, 0.717) is 11.3 Å². The van der Waals surface area contributed by atoms with Gasteiger partial charge in [-0.05, 0) is 20.8 Å². The second kappa shape index (κ2) is 4.01. The molecule has 0 amide bonds.